The van der Waals surface area contributed by atoms with Crippen LogP contribution in [0.2, 0.25) is 0 Å². The number of benzene rings is 2. The lowest BCUT2D eigenvalue weighted by molar-refractivity contribution is 0.102. The summed E-state index contributed by atoms with van der Waals surface area (Å²) < 4.78 is 49.0. The van der Waals surface area contributed by atoms with Gasteiger partial charge in [-0.3, -0.25) is 0 Å². The number of halogens is 3. The first-order valence-electron chi connectivity index (χ1n) is 9.51. The Kier molecular flexibility index (Phi) is 6.19. The SMILES string of the molecule is CCN(CC)c1ccc2c(COc3cccc(C(=O)[B-](F)(F)F)c3)cc(=O)oc2c1. The molecular formula is C21H20BF3NO4-. The number of hydrogen-bond donors (Lipinski definition) is 0. The Labute approximate surface area is 171 Å². The third kappa shape index (κ3) is 4.67. The van der Waals surface area contributed by atoms with Crippen LogP contribution in [0.1, 0.15) is 29.8 Å². The molecule has 1 heterocycles. The van der Waals surface area contributed by atoms with Gasteiger partial charge in [-0.2, -0.15) is 0 Å². The molecule has 0 aliphatic carbocycles. The number of nitrogens with zero attached hydrogens (tertiary/aromatic N) is 1. The molecule has 0 fully saturated rings. The minimum absolute atomic E-state index is 0.0679. The molecule has 158 valence electrons. The highest BCUT2D eigenvalue weighted by Gasteiger charge is 2.34. The van der Waals surface area contributed by atoms with E-state index in [1.165, 1.54) is 18.2 Å². The zero-order chi connectivity index (χ0) is 21.9. The lowest BCUT2D eigenvalue weighted by Gasteiger charge is -2.21. The van der Waals surface area contributed by atoms with E-state index < -0.39 is 23.8 Å². The van der Waals surface area contributed by atoms with Gasteiger partial charge >= 0.3 is 12.6 Å². The van der Waals surface area contributed by atoms with Crippen LogP contribution in [0.4, 0.5) is 18.6 Å². The average molecular weight is 418 g/mol. The van der Waals surface area contributed by atoms with Crippen LogP contribution in [-0.4, -0.2) is 25.7 Å². The number of ether oxygens (including phenoxy) is 1. The lowest BCUT2D eigenvalue weighted by atomic mass is 9.80. The van der Waals surface area contributed by atoms with Crippen LogP contribution in [0.5, 0.6) is 5.75 Å². The quantitative estimate of drug-likeness (QED) is 0.389. The van der Waals surface area contributed by atoms with Gasteiger partial charge in [0.25, 0.3) is 0 Å². The van der Waals surface area contributed by atoms with Gasteiger partial charge in [0.15, 0.2) is 0 Å². The minimum Gasteiger partial charge on any atom is -0.489 e. The summed E-state index contributed by atoms with van der Waals surface area (Å²) in [6, 6.07) is 11.7. The Bertz CT molecular complexity index is 1120. The maximum atomic E-state index is 12.7. The lowest BCUT2D eigenvalue weighted by Crippen LogP contribution is -2.29. The summed E-state index contributed by atoms with van der Waals surface area (Å²) in [6.07, 6.45) is 0. The largest absolute Gasteiger partial charge is 0.549 e. The van der Waals surface area contributed by atoms with E-state index in [1.54, 1.807) is 6.07 Å². The molecule has 0 amide bonds. The molecule has 0 saturated heterocycles. The molecule has 9 heteroatoms. The molecule has 0 saturated carbocycles. The zero-order valence-corrected chi connectivity index (χ0v) is 16.5. The maximum absolute atomic E-state index is 12.7. The van der Waals surface area contributed by atoms with Crippen molar-refractivity contribution in [3.05, 3.63) is 70.1 Å². The monoisotopic (exact) mass is 418 g/mol. The van der Waals surface area contributed by atoms with Crippen molar-refractivity contribution in [1.82, 2.24) is 0 Å². The van der Waals surface area contributed by atoms with Gasteiger partial charge in [0, 0.05) is 41.9 Å². The van der Waals surface area contributed by atoms with Gasteiger partial charge in [0.05, 0.1) is 0 Å². The molecule has 0 N–H and O–H groups in total. The highest BCUT2D eigenvalue weighted by molar-refractivity contribution is 6.93. The third-order valence-electron chi connectivity index (χ3n) is 4.75. The van der Waals surface area contributed by atoms with E-state index in [0.29, 0.717) is 16.5 Å². The van der Waals surface area contributed by atoms with Gasteiger partial charge in [-0.25, -0.2) is 4.79 Å². The first kappa shape index (κ1) is 21.5. The Morgan fingerprint density at radius 3 is 2.47 bits per heavy atom. The molecule has 0 atom stereocenters. The highest BCUT2D eigenvalue weighted by atomic mass is 19.4. The summed E-state index contributed by atoms with van der Waals surface area (Å²) in [5, 5.41) is 0.663. The number of rotatable bonds is 8. The van der Waals surface area contributed by atoms with Gasteiger partial charge < -0.3 is 31.8 Å². The molecule has 5 nitrogen and oxygen atoms in total. The van der Waals surface area contributed by atoms with Crippen molar-refractivity contribution >= 4 is 29.3 Å². The van der Waals surface area contributed by atoms with Gasteiger partial charge in [0.2, 0.25) is 0 Å². The van der Waals surface area contributed by atoms with Crippen molar-refractivity contribution in [3.63, 3.8) is 0 Å². The summed E-state index contributed by atoms with van der Waals surface area (Å²) in [6.45, 7) is -0.0587. The topological polar surface area (TPSA) is 59.8 Å². The minimum atomic E-state index is -5.62. The molecule has 0 aliphatic heterocycles. The van der Waals surface area contributed by atoms with Crippen LogP contribution < -0.4 is 15.3 Å². The van der Waals surface area contributed by atoms with E-state index >= 15 is 0 Å². The van der Waals surface area contributed by atoms with E-state index in [1.807, 2.05) is 26.0 Å². The van der Waals surface area contributed by atoms with Crippen molar-refractivity contribution in [2.45, 2.75) is 20.5 Å². The molecule has 3 aromatic rings. The molecular weight excluding hydrogens is 398 g/mol. The van der Waals surface area contributed by atoms with Crippen LogP contribution in [-0.2, 0) is 6.61 Å². The summed E-state index contributed by atoms with van der Waals surface area (Å²) in [4.78, 5) is 25.5. The van der Waals surface area contributed by atoms with Crippen molar-refractivity contribution in [3.8, 4) is 5.75 Å². The second-order valence-electron chi connectivity index (χ2n) is 6.70. The number of carbonyl (C=O) groups is 1. The molecule has 0 unspecified atom stereocenters. The molecule has 0 aliphatic rings. The number of carbonyl (C=O) groups excluding carboxylic acids is 1. The van der Waals surface area contributed by atoms with E-state index in [0.717, 1.165) is 30.9 Å². The van der Waals surface area contributed by atoms with Crippen LogP contribution in [0.25, 0.3) is 11.0 Å². The van der Waals surface area contributed by atoms with Gasteiger partial charge in [-0.15, -0.1) is 0 Å². The summed E-state index contributed by atoms with van der Waals surface area (Å²) in [5.41, 5.74) is -1.08. The Morgan fingerprint density at radius 1 is 1.07 bits per heavy atom. The maximum Gasteiger partial charge on any atom is 0.549 e. The average Bonchev–Trinajstić information content (AvgIpc) is 2.71. The molecule has 1 aromatic heterocycles. The number of hydrogen-bond acceptors (Lipinski definition) is 5. The normalized spacial score (nSPS) is 11.5. The zero-order valence-electron chi connectivity index (χ0n) is 16.5. The smallest absolute Gasteiger partial charge is 0.489 e. The van der Waals surface area contributed by atoms with Crippen LogP contribution >= 0.6 is 0 Å². The van der Waals surface area contributed by atoms with Gasteiger partial charge in [-0.05, 0) is 43.7 Å². The van der Waals surface area contributed by atoms with E-state index in [4.69, 9.17) is 9.15 Å². The Morgan fingerprint density at radius 2 is 1.80 bits per heavy atom. The van der Waals surface area contributed by atoms with Crippen LogP contribution in [0.15, 0.2) is 57.7 Å². The Balaban J connectivity index is 1.88. The predicted octanol–water partition coefficient (Wildman–Crippen LogP) is 4.79. The van der Waals surface area contributed by atoms with Crippen LogP contribution in [0.3, 0.4) is 0 Å². The number of fused-ring (bicyclic) bond motifs is 1. The van der Waals surface area contributed by atoms with Crippen molar-refractivity contribution in [2.75, 3.05) is 18.0 Å². The standard InChI is InChI=1S/C21H20BF3NO4/c1-3-26(4-2)16-8-9-18-15(11-20(27)30-19(18)12-16)13-29-17-7-5-6-14(10-17)21(28)22(23,24)25/h5-12H,3-4,13H2,1-2H3/q-1. The fourth-order valence-electron chi connectivity index (χ4n) is 3.21. The first-order chi connectivity index (χ1) is 14.2. The second-order valence-corrected chi connectivity index (χ2v) is 6.70. The summed E-state index contributed by atoms with van der Waals surface area (Å²) >= 11 is 0. The molecule has 0 radical (unpaired) electrons. The van der Waals surface area contributed by atoms with Crippen molar-refractivity contribution in [2.24, 2.45) is 0 Å². The molecule has 0 spiro atoms. The van der Waals surface area contributed by atoms with Crippen molar-refractivity contribution < 1.29 is 26.9 Å². The van der Waals surface area contributed by atoms with Gasteiger partial charge in [-0.1, -0.05) is 12.1 Å². The second kappa shape index (κ2) is 8.65. The summed E-state index contributed by atoms with van der Waals surface area (Å²) in [7, 11) is 0. The molecule has 0 bridgehead atoms. The van der Waals surface area contributed by atoms with Gasteiger partial charge in [0.1, 0.15) is 23.6 Å². The van der Waals surface area contributed by atoms with Crippen molar-refractivity contribution in [1.29, 1.82) is 0 Å². The van der Waals surface area contributed by atoms with E-state index in [-0.39, 0.29) is 12.4 Å². The number of anilines is 1. The summed E-state index contributed by atoms with van der Waals surface area (Å²) in [5.74, 6) is 0.0991. The molecule has 30 heavy (non-hydrogen) atoms. The van der Waals surface area contributed by atoms with E-state index in [2.05, 4.69) is 4.90 Å². The predicted molar refractivity (Wildman–Crippen MR) is 110 cm³/mol. The third-order valence-corrected chi connectivity index (χ3v) is 4.75. The molecule has 3 rings (SSSR count). The fourth-order valence-corrected chi connectivity index (χ4v) is 3.21. The first-order valence-corrected chi connectivity index (χ1v) is 9.51. The Hall–Kier alpha value is -3.23. The molecule has 2 aromatic carbocycles. The van der Waals surface area contributed by atoms with E-state index in [9.17, 15) is 22.5 Å². The highest BCUT2D eigenvalue weighted by Crippen LogP contribution is 2.26. The fraction of sp³-hybridized carbons (Fsp3) is 0.238. The van der Waals surface area contributed by atoms with Crippen LogP contribution in [0, 0.1) is 0 Å².